The van der Waals surface area contributed by atoms with Gasteiger partial charge in [0.2, 0.25) is 17.7 Å². The Labute approximate surface area is 447 Å². The van der Waals surface area contributed by atoms with E-state index < -0.39 is 83.4 Å². The maximum atomic E-state index is 15.2. The molecule has 2 aromatic carbocycles. The number of hydrogen-bond donors (Lipinski definition) is 2. The van der Waals surface area contributed by atoms with E-state index in [0.29, 0.717) is 34.9 Å². The van der Waals surface area contributed by atoms with E-state index in [1.807, 2.05) is 78.2 Å². The van der Waals surface area contributed by atoms with E-state index in [-0.39, 0.29) is 99.3 Å². The van der Waals surface area contributed by atoms with Crippen molar-refractivity contribution in [2.24, 2.45) is 41.2 Å². The molecule has 3 rings (SSSR count). The number of amides is 3. The third-order valence-corrected chi connectivity index (χ3v) is 13.5. The van der Waals surface area contributed by atoms with Crippen molar-refractivity contribution in [2.75, 3.05) is 21.1 Å². The van der Waals surface area contributed by atoms with Crippen molar-refractivity contribution >= 4 is 64.5 Å². The molecular formula is C56H80ClF3N6O9. The number of likely N-dealkylation sites (N-methyl/N-ethyl adjacent to an activating group) is 3. The summed E-state index contributed by atoms with van der Waals surface area (Å²) in [6.45, 7) is 16.8. The predicted molar refractivity (Wildman–Crippen MR) is 283 cm³/mol. The summed E-state index contributed by atoms with van der Waals surface area (Å²) in [5.74, 6) is -6.84. The highest BCUT2D eigenvalue weighted by molar-refractivity contribution is 5.97. The van der Waals surface area contributed by atoms with Crippen LogP contribution in [-0.2, 0) is 57.4 Å². The van der Waals surface area contributed by atoms with Crippen LogP contribution < -0.4 is 5.73 Å². The van der Waals surface area contributed by atoms with Crippen molar-refractivity contribution in [1.82, 2.24) is 19.3 Å². The summed E-state index contributed by atoms with van der Waals surface area (Å²) in [4.78, 5) is 102. The number of nitriles is 1. The molecule has 0 aliphatic heterocycles. The van der Waals surface area contributed by atoms with E-state index in [4.69, 9.17) is 15.7 Å². The highest BCUT2D eigenvalue weighted by Crippen LogP contribution is 2.32. The zero-order valence-electron chi connectivity index (χ0n) is 45.7. The normalized spacial score (nSPS) is 14.5. The van der Waals surface area contributed by atoms with Crippen molar-refractivity contribution in [2.45, 2.75) is 163 Å². The molecule has 1 heterocycles. The van der Waals surface area contributed by atoms with Crippen LogP contribution >= 0.6 is 12.4 Å². The van der Waals surface area contributed by atoms with Crippen molar-refractivity contribution < 1.29 is 56.6 Å². The second-order valence-electron chi connectivity index (χ2n) is 21.6. The monoisotopic (exact) mass is 1070 g/mol. The second-order valence-corrected chi connectivity index (χ2v) is 21.6. The number of rotatable bonds is 29. The van der Waals surface area contributed by atoms with Gasteiger partial charge in [-0.15, -0.1) is 12.4 Å². The van der Waals surface area contributed by atoms with Gasteiger partial charge in [0.1, 0.15) is 6.04 Å². The van der Waals surface area contributed by atoms with Crippen molar-refractivity contribution in [3.63, 3.8) is 0 Å². The minimum Gasteiger partial charge on any atom is -0.479 e. The number of ketones is 2. The number of ether oxygens (including phenoxy) is 1. The number of alkyl halides is 3. The van der Waals surface area contributed by atoms with Crippen LogP contribution in [0.1, 0.15) is 130 Å². The first-order chi connectivity index (χ1) is 34.5. The number of halogens is 4. The molecule has 75 heavy (non-hydrogen) atoms. The Hall–Kier alpha value is -5.80. The van der Waals surface area contributed by atoms with Crippen LogP contribution in [0.15, 0.2) is 54.7 Å². The summed E-state index contributed by atoms with van der Waals surface area (Å²) >= 11 is 0. The molecule has 0 bridgehead atoms. The van der Waals surface area contributed by atoms with Gasteiger partial charge in [0.05, 0.1) is 29.8 Å². The van der Waals surface area contributed by atoms with Gasteiger partial charge in [0.25, 0.3) is 0 Å². The fraction of sp³-hybridized carbons (Fsp3) is 0.607. The van der Waals surface area contributed by atoms with Crippen LogP contribution in [0.3, 0.4) is 0 Å². The van der Waals surface area contributed by atoms with E-state index >= 15 is 9.59 Å². The minimum absolute atomic E-state index is 0. The summed E-state index contributed by atoms with van der Waals surface area (Å²) in [5.41, 5.74) is 7.44. The lowest BCUT2D eigenvalue weighted by Gasteiger charge is -2.34. The van der Waals surface area contributed by atoms with Crippen molar-refractivity contribution in [3.05, 3.63) is 71.4 Å². The number of carbonyl (C=O) groups is 7. The molecule has 15 nitrogen and oxygen atoms in total. The molecule has 3 aromatic rings. The number of aliphatic carboxylic acids is 1. The molecule has 3 amide bonds. The van der Waals surface area contributed by atoms with Crippen LogP contribution in [0.4, 0.5) is 13.2 Å². The molecule has 19 heteroatoms. The smallest absolute Gasteiger partial charge is 0.416 e. The zero-order valence-corrected chi connectivity index (χ0v) is 46.5. The average Bonchev–Trinajstić information content (AvgIpc) is 3.66. The fourth-order valence-electron chi connectivity index (χ4n) is 9.45. The van der Waals surface area contributed by atoms with Gasteiger partial charge >= 0.3 is 18.1 Å². The number of carbonyl (C=O) groups excluding carboxylic acids is 6. The number of hydrogen-bond acceptors (Lipinski definition) is 10. The Morgan fingerprint density at radius 3 is 1.69 bits per heavy atom. The molecular weight excluding hydrogens is 993 g/mol. The van der Waals surface area contributed by atoms with Gasteiger partial charge in [0, 0.05) is 88.7 Å². The average molecular weight is 1070 g/mol. The lowest BCUT2D eigenvalue weighted by Crippen LogP contribution is -2.51. The highest BCUT2D eigenvalue weighted by Gasteiger charge is 2.40. The number of nitrogens with zero attached hydrogens (tertiary/aromatic N) is 5. The number of fused-ring (bicyclic) bond motifs is 1. The van der Waals surface area contributed by atoms with Crippen molar-refractivity contribution in [3.8, 4) is 6.07 Å². The largest absolute Gasteiger partial charge is 0.479 e. The van der Waals surface area contributed by atoms with Gasteiger partial charge < -0.3 is 34.8 Å². The maximum Gasteiger partial charge on any atom is 0.416 e. The number of carboxylic acids is 1. The Morgan fingerprint density at radius 1 is 0.707 bits per heavy atom. The Balaban J connectivity index is 0.0000193. The molecule has 0 fully saturated rings. The maximum absolute atomic E-state index is 15.2. The second kappa shape index (κ2) is 29.5. The van der Waals surface area contributed by atoms with Crippen LogP contribution in [0.2, 0.25) is 0 Å². The zero-order chi connectivity index (χ0) is 55.9. The first-order valence-corrected chi connectivity index (χ1v) is 25.6. The summed E-state index contributed by atoms with van der Waals surface area (Å²) in [7, 11) is 4.39. The first-order valence-electron chi connectivity index (χ1n) is 25.6. The Kier molecular flexibility index (Phi) is 25.7. The highest BCUT2D eigenvalue weighted by atomic mass is 35.5. The molecule has 0 saturated heterocycles. The lowest BCUT2D eigenvalue weighted by molar-refractivity contribution is -0.169. The van der Waals surface area contributed by atoms with Crippen LogP contribution in [0, 0.1) is 46.8 Å². The van der Waals surface area contributed by atoms with Gasteiger partial charge in [-0.05, 0) is 85.6 Å². The van der Waals surface area contributed by atoms with E-state index in [0.717, 1.165) is 17.0 Å². The van der Waals surface area contributed by atoms with Crippen molar-refractivity contribution in [1.29, 1.82) is 5.26 Å². The van der Waals surface area contributed by atoms with Crippen LogP contribution in [0.25, 0.3) is 10.9 Å². The molecule has 0 saturated carbocycles. The number of benzene rings is 2. The molecule has 416 valence electrons. The Morgan fingerprint density at radius 2 is 1.20 bits per heavy atom. The fourth-order valence-corrected chi connectivity index (χ4v) is 9.45. The number of esters is 1. The lowest BCUT2D eigenvalue weighted by atomic mass is 9.85. The molecule has 0 radical (unpaired) electrons. The topological polar surface area (TPSA) is 213 Å². The van der Waals surface area contributed by atoms with Crippen LogP contribution in [0.5, 0.6) is 0 Å². The first kappa shape index (κ1) is 65.3. The van der Waals surface area contributed by atoms with Crippen LogP contribution in [-0.4, -0.2) is 117 Å². The third kappa shape index (κ3) is 19.1. The summed E-state index contributed by atoms with van der Waals surface area (Å²) in [6, 6.07) is 9.70. The molecule has 1 aromatic heterocycles. The van der Waals surface area contributed by atoms with Gasteiger partial charge in [-0.25, -0.2) is 9.59 Å². The van der Waals surface area contributed by atoms with E-state index in [1.165, 1.54) is 43.0 Å². The van der Waals surface area contributed by atoms with Gasteiger partial charge in [-0.2, -0.15) is 18.4 Å². The SMILES string of the molecule is CC(C)C[C@H](CC(=O)[C@H](Cc1cn(Cc2ccc(C(F)(F)F)cc2)c2ccccc12)N(C)C(=O)[C@@H](CC(=O)[C@H](CC(C)C)N(C)C(=O)[C@@H](N)CC(C)C)CC(C)C)C(=O)N(C)[C@@H](C)C(=O)O[C@H](CCC#N)C(=O)O.Cl. The number of para-hydroxylation sites is 1. The molecule has 0 aliphatic rings. The predicted octanol–water partition coefficient (Wildman–Crippen LogP) is 9.14. The summed E-state index contributed by atoms with van der Waals surface area (Å²) < 4.78 is 47.5. The number of carboxylic acid groups (broad SMARTS) is 1. The quantitative estimate of drug-likeness (QED) is 0.0626. The van der Waals surface area contributed by atoms with Gasteiger partial charge in [0.15, 0.2) is 17.7 Å². The van der Waals surface area contributed by atoms with E-state index in [1.54, 1.807) is 25.4 Å². The molecule has 3 N–H and O–H groups in total. The molecule has 0 spiro atoms. The number of Topliss-reactive ketones (excluding diaryl/α,β-unsaturated/α-hetero) is 2. The summed E-state index contributed by atoms with van der Waals surface area (Å²) in [5, 5.41) is 19.3. The molecule has 7 atom stereocenters. The van der Waals surface area contributed by atoms with E-state index in [9.17, 15) is 42.3 Å². The number of aromatic nitrogens is 1. The standard InChI is InChI=1S/C56H79F3N6O9.ClH/c1-33(2)24-39(51(68)62(10)37(9)55(73)74-50(54(71)72)18-15-23-60)29-49(67)47(28-41-32-65(45-17-14-13-16-43(41)45)31-38-19-21-42(22-20-38)56(57,58)59)63(11)52(69)40(25-34(3)4)30-48(66)46(27-36(7)8)64(12)53(70)44(61)26-35(5)6;/h13-14,16-17,19-22,32-37,39-40,44,46-47,50H,15,18,24-31,61H2,1-12H3,(H,71,72);1H/t37-,39+,40+,44-,46-,47-,50+;/m0./s1. The van der Waals surface area contributed by atoms with Gasteiger partial charge in [-0.3, -0.25) is 24.0 Å². The third-order valence-electron chi connectivity index (χ3n) is 13.5. The Bertz CT molecular complexity index is 2450. The summed E-state index contributed by atoms with van der Waals surface area (Å²) in [6.07, 6.45) is -4.32. The van der Waals surface area contributed by atoms with E-state index in [2.05, 4.69) is 0 Å². The molecule has 0 unspecified atom stereocenters. The number of nitrogens with two attached hydrogens (primary N) is 1. The van der Waals surface area contributed by atoms with Gasteiger partial charge in [-0.1, -0.05) is 85.7 Å². The molecule has 0 aliphatic carbocycles. The minimum atomic E-state index is -4.52.